The lowest BCUT2D eigenvalue weighted by molar-refractivity contribution is -0.0453. The van der Waals surface area contributed by atoms with Crippen LogP contribution in [0.15, 0.2) is 0 Å². The molecule has 0 aliphatic heterocycles. The van der Waals surface area contributed by atoms with Crippen molar-refractivity contribution in [2.24, 2.45) is 5.92 Å². The number of nitrogens with one attached hydrogen (secondary N) is 1. The van der Waals surface area contributed by atoms with Gasteiger partial charge >= 0.3 is 0 Å². The van der Waals surface area contributed by atoms with Gasteiger partial charge < -0.3 is 14.8 Å². The number of hydrogen-bond acceptors (Lipinski definition) is 3. The van der Waals surface area contributed by atoms with Gasteiger partial charge in [-0.05, 0) is 18.8 Å². The van der Waals surface area contributed by atoms with Crippen molar-refractivity contribution in [2.75, 3.05) is 19.8 Å². The molecule has 1 fully saturated rings. The zero-order chi connectivity index (χ0) is 12.0. The Kier molecular flexibility index (Phi) is 6.32. The van der Waals surface area contributed by atoms with Crippen molar-refractivity contribution in [1.29, 1.82) is 0 Å². The largest absolute Gasteiger partial charge is 0.379 e. The molecule has 0 bridgehead atoms. The van der Waals surface area contributed by atoms with Crippen molar-refractivity contribution in [2.45, 2.75) is 58.7 Å². The van der Waals surface area contributed by atoms with Gasteiger partial charge in [0.1, 0.15) is 0 Å². The van der Waals surface area contributed by atoms with Gasteiger partial charge in [0.05, 0.1) is 19.3 Å². The molecule has 1 aliphatic rings. The Morgan fingerprint density at radius 1 is 1.12 bits per heavy atom. The van der Waals surface area contributed by atoms with Crippen molar-refractivity contribution in [1.82, 2.24) is 5.32 Å². The summed E-state index contributed by atoms with van der Waals surface area (Å²) >= 11 is 0. The number of rotatable bonds is 8. The van der Waals surface area contributed by atoms with E-state index in [1.807, 2.05) is 0 Å². The summed E-state index contributed by atoms with van der Waals surface area (Å²) in [4.78, 5) is 0. The highest BCUT2D eigenvalue weighted by Crippen LogP contribution is 2.23. The normalized spacial score (nSPS) is 25.1. The molecule has 96 valence electrons. The van der Waals surface area contributed by atoms with E-state index in [-0.39, 0.29) is 0 Å². The Labute approximate surface area is 99.9 Å². The summed E-state index contributed by atoms with van der Waals surface area (Å²) in [5, 5.41) is 3.51. The summed E-state index contributed by atoms with van der Waals surface area (Å²) in [7, 11) is 0. The molecule has 0 unspecified atom stereocenters. The van der Waals surface area contributed by atoms with E-state index < -0.39 is 0 Å². The van der Waals surface area contributed by atoms with Crippen molar-refractivity contribution in [3.05, 3.63) is 0 Å². The van der Waals surface area contributed by atoms with Gasteiger partial charge in [0, 0.05) is 18.7 Å². The van der Waals surface area contributed by atoms with Gasteiger partial charge in [-0.3, -0.25) is 0 Å². The van der Waals surface area contributed by atoms with E-state index in [0.717, 1.165) is 32.7 Å². The van der Waals surface area contributed by atoms with E-state index in [1.54, 1.807) is 0 Å². The van der Waals surface area contributed by atoms with Gasteiger partial charge in [0.15, 0.2) is 0 Å². The molecule has 0 aromatic rings. The van der Waals surface area contributed by atoms with Crippen LogP contribution in [-0.2, 0) is 9.47 Å². The first-order valence-electron chi connectivity index (χ1n) is 6.53. The number of hydrogen-bond donors (Lipinski definition) is 1. The molecule has 3 nitrogen and oxygen atoms in total. The van der Waals surface area contributed by atoms with Crippen LogP contribution in [-0.4, -0.2) is 38.0 Å². The van der Waals surface area contributed by atoms with Gasteiger partial charge in [-0.25, -0.2) is 0 Å². The maximum atomic E-state index is 5.71. The average Bonchev–Trinajstić information content (AvgIpc) is 2.11. The summed E-state index contributed by atoms with van der Waals surface area (Å²) in [5.41, 5.74) is 0. The summed E-state index contributed by atoms with van der Waals surface area (Å²) in [6.07, 6.45) is 2.77. The van der Waals surface area contributed by atoms with Crippen molar-refractivity contribution >= 4 is 0 Å². The lowest BCUT2D eigenvalue weighted by Crippen LogP contribution is -2.48. The molecule has 0 spiro atoms. The quantitative estimate of drug-likeness (QED) is 0.647. The zero-order valence-corrected chi connectivity index (χ0v) is 11.2. The predicted molar refractivity (Wildman–Crippen MR) is 66.7 cm³/mol. The molecule has 0 amide bonds. The molecular formula is C13H27NO2. The molecule has 1 rings (SSSR count). The standard InChI is InChI=1S/C13H27NO2/c1-10(2)9-15-5-6-16-13-7-12(8-13)14-11(3)4/h10-14H,5-9H2,1-4H3/t12-,13-. The van der Waals surface area contributed by atoms with E-state index in [9.17, 15) is 0 Å². The van der Waals surface area contributed by atoms with Crippen molar-refractivity contribution in [3.63, 3.8) is 0 Å². The van der Waals surface area contributed by atoms with Crippen molar-refractivity contribution in [3.8, 4) is 0 Å². The number of ether oxygens (including phenoxy) is 2. The maximum absolute atomic E-state index is 5.71. The van der Waals surface area contributed by atoms with Gasteiger partial charge in [-0.1, -0.05) is 27.7 Å². The molecule has 3 heteroatoms. The second kappa shape index (κ2) is 7.25. The van der Waals surface area contributed by atoms with Crippen molar-refractivity contribution < 1.29 is 9.47 Å². The van der Waals surface area contributed by atoms with Crippen LogP contribution in [0.5, 0.6) is 0 Å². The Hall–Kier alpha value is -0.120. The first-order chi connectivity index (χ1) is 7.58. The fraction of sp³-hybridized carbons (Fsp3) is 1.00. The highest BCUT2D eigenvalue weighted by Gasteiger charge is 2.29. The third kappa shape index (κ3) is 5.83. The first-order valence-corrected chi connectivity index (χ1v) is 6.53. The third-order valence-corrected chi connectivity index (χ3v) is 2.70. The van der Waals surface area contributed by atoms with Gasteiger partial charge in [0.25, 0.3) is 0 Å². The predicted octanol–water partition coefficient (Wildman–Crippen LogP) is 2.20. The Morgan fingerprint density at radius 2 is 1.81 bits per heavy atom. The molecule has 0 atom stereocenters. The second-order valence-electron chi connectivity index (χ2n) is 5.45. The molecule has 16 heavy (non-hydrogen) atoms. The lowest BCUT2D eigenvalue weighted by atomic mass is 9.89. The third-order valence-electron chi connectivity index (χ3n) is 2.70. The van der Waals surface area contributed by atoms with E-state index in [4.69, 9.17) is 9.47 Å². The highest BCUT2D eigenvalue weighted by atomic mass is 16.5. The SMILES string of the molecule is CC(C)COCCO[C@H]1C[C@H](NC(C)C)C1. The monoisotopic (exact) mass is 229 g/mol. The minimum Gasteiger partial charge on any atom is -0.379 e. The van der Waals surface area contributed by atoms with Crippen LogP contribution in [0.2, 0.25) is 0 Å². The Balaban J connectivity index is 1.86. The van der Waals surface area contributed by atoms with Crippen LogP contribution in [0.3, 0.4) is 0 Å². The van der Waals surface area contributed by atoms with Gasteiger partial charge in [-0.2, -0.15) is 0 Å². The molecule has 0 heterocycles. The summed E-state index contributed by atoms with van der Waals surface area (Å²) in [6, 6.07) is 1.25. The van der Waals surface area contributed by atoms with E-state index in [1.165, 1.54) is 0 Å². The fourth-order valence-electron chi connectivity index (χ4n) is 1.90. The lowest BCUT2D eigenvalue weighted by Gasteiger charge is -2.37. The topological polar surface area (TPSA) is 30.5 Å². The minimum atomic E-state index is 0.457. The zero-order valence-electron chi connectivity index (χ0n) is 11.2. The van der Waals surface area contributed by atoms with E-state index in [2.05, 4.69) is 33.0 Å². The highest BCUT2D eigenvalue weighted by molar-refractivity contribution is 4.86. The van der Waals surface area contributed by atoms with Crippen LogP contribution in [0.1, 0.15) is 40.5 Å². The maximum Gasteiger partial charge on any atom is 0.0704 e. The van der Waals surface area contributed by atoms with Gasteiger partial charge in [-0.15, -0.1) is 0 Å². The Morgan fingerprint density at radius 3 is 2.38 bits per heavy atom. The molecule has 0 aromatic carbocycles. The Bertz CT molecular complexity index is 177. The summed E-state index contributed by atoms with van der Waals surface area (Å²) in [6.45, 7) is 11.0. The van der Waals surface area contributed by atoms with Crippen LogP contribution >= 0.6 is 0 Å². The molecule has 1 aliphatic carbocycles. The van der Waals surface area contributed by atoms with Crippen LogP contribution < -0.4 is 5.32 Å². The minimum absolute atomic E-state index is 0.457. The molecule has 1 saturated carbocycles. The van der Waals surface area contributed by atoms with Crippen LogP contribution in [0.4, 0.5) is 0 Å². The summed E-state index contributed by atoms with van der Waals surface area (Å²) < 4.78 is 11.2. The molecule has 0 saturated heterocycles. The molecule has 0 aromatic heterocycles. The fourth-order valence-corrected chi connectivity index (χ4v) is 1.90. The van der Waals surface area contributed by atoms with E-state index in [0.29, 0.717) is 24.1 Å². The van der Waals surface area contributed by atoms with E-state index >= 15 is 0 Å². The molecule has 1 N–H and O–H groups in total. The average molecular weight is 229 g/mol. The summed E-state index contributed by atoms with van der Waals surface area (Å²) in [5.74, 6) is 0.614. The van der Waals surface area contributed by atoms with Gasteiger partial charge in [0.2, 0.25) is 0 Å². The second-order valence-corrected chi connectivity index (χ2v) is 5.45. The first kappa shape index (κ1) is 13.9. The van der Waals surface area contributed by atoms with Crippen LogP contribution in [0, 0.1) is 5.92 Å². The molecule has 0 radical (unpaired) electrons. The van der Waals surface area contributed by atoms with Crippen LogP contribution in [0.25, 0.3) is 0 Å². The smallest absolute Gasteiger partial charge is 0.0704 e. The molecular weight excluding hydrogens is 202 g/mol.